The number of hydrogen-bond donors (Lipinski definition) is 0. The average molecular weight is 187 g/mol. The molecule has 1 aromatic rings. The molecule has 1 heteroatoms. The summed E-state index contributed by atoms with van der Waals surface area (Å²) in [6.45, 7) is 6.37. The topological polar surface area (TPSA) is 23.8 Å². The summed E-state index contributed by atoms with van der Waals surface area (Å²) >= 11 is 0. The molecular weight excluding hydrogens is 170 g/mol. The minimum atomic E-state index is 0.0508. The summed E-state index contributed by atoms with van der Waals surface area (Å²) in [4.78, 5) is 0. The van der Waals surface area contributed by atoms with Crippen LogP contribution in [-0.2, 0) is 0 Å². The molecule has 74 valence electrons. The Balaban J connectivity index is 2.85. The molecule has 0 saturated carbocycles. The molecule has 1 aromatic carbocycles. The van der Waals surface area contributed by atoms with Gasteiger partial charge in [-0.15, -0.1) is 0 Å². The lowest BCUT2D eigenvalue weighted by Gasteiger charge is -2.12. The Morgan fingerprint density at radius 3 is 2.57 bits per heavy atom. The van der Waals surface area contributed by atoms with E-state index in [1.54, 1.807) is 0 Å². The highest BCUT2D eigenvalue weighted by molar-refractivity contribution is 5.29. The van der Waals surface area contributed by atoms with Gasteiger partial charge >= 0.3 is 0 Å². The van der Waals surface area contributed by atoms with Crippen LogP contribution in [0.15, 0.2) is 24.3 Å². The number of nitriles is 1. The smallest absolute Gasteiger partial charge is 0.0715 e. The predicted molar refractivity (Wildman–Crippen MR) is 59.0 cm³/mol. The van der Waals surface area contributed by atoms with Crippen molar-refractivity contribution in [3.8, 4) is 6.07 Å². The summed E-state index contributed by atoms with van der Waals surface area (Å²) in [6.07, 6.45) is 0.944. The van der Waals surface area contributed by atoms with Crippen molar-refractivity contribution < 1.29 is 0 Å². The minimum absolute atomic E-state index is 0.0508. The fraction of sp³-hybridized carbons (Fsp3) is 0.462. The number of hydrogen-bond acceptors (Lipinski definition) is 1. The summed E-state index contributed by atoms with van der Waals surface area (Å²) in [5.74, 6) is 0.620. The van der Waals surface area contributed by atoms with Crippen molar-refractivity contribution in [3.05, 3.63) is 35.4 Å². The first-order valence-corrected chi connectivity index (χ1v) is 5.09. The van der Waals surface area contributed by atoms with Gasteiger partial charge in [-0.25, -0.2) is 0 Å². The fourth-order valence-corrected chi connectivity index (χ4v) is 1.62. The first-order valence-electron chi connectivity index (χ1n) is 5.09. The molecule has 1 nitrogen and oxygen atoms in total. The molecule has 1 unspecified atom stereocenters. The van der Waals surface area contributed by atoms with Crippen molar-refractivity contribution in [3.63, 3.8) is 0 Å². The summed E-state index contributed by atoms with van der Waals surface area (Å²) in [5, 5.41) is 9.07. The highest BCUT2D eigenvalue weighted by atomic mass is 14.3. The van der Waals surface area contributed by atoms with Gasteiger partial charge in [0.25, 0.3) is 0 Å². The zero-order valence-corrected chi connectivity index (χ0v) is 9.12. The Morgan fingerprint density at radius 1 is 1.36 bits per heavy atom. The highest BCUT2D eigenvalue weighted by Crippen LogP contribution is 2.23. The molecule has 0 aliphatic heterocycles. The molecule has 0 amide bonds. The van der Waals surface area contributed by atoms with E-state index in [0.717, 1.165) is 12.0 Å². The average Bonchev–Trinajstić information content (AvgIpc) is 2.14. The number of nitrogens with zero attached hydrogens (tertiary/aromatic N) is 1. The Kier molecular flexibility index (Phi) is 3.71. The van der Waals surface area contributed by atoms with Gasteiger partial charge in [0, 0.05) is 0 Å². The largest absolute Gasteiger partial charge is 0.198 e. The molecule has 0 spiro atoms. The van der Waals surface area contributed by atoms with E-state index in [4.69, 9.17) is 5.26 Å². The highest BCUT2D eigenvalue weighted by Gasteiger charge is 2.11. The van der Waals surface area contributed by atoms with Gasteiger partial charge in [0.15, 0.2) is 0 Å². The van der Waals surface area contributed by atoms with Crippen LogP contribution in [0, 0.1) is 24.2 Å². The van der Waals surface area contributed by atoms with Crippen molar-refractivity contribution >= 4 is 0 Å². The van der Waals surface area contributed by atoms with Crippen LogP contribution < -0.4 is 0 Å². The van der Waals surface area contributed by atoms with Crippen LogP contribution in [0.3, 0.4) is 0 Å². The van der Waals surface area contributed by atoms with E-state index < -0.39 is 0 Å². The maximum absolute atomic E-state index is 9.07. The second-order valence-electron chi connectivity index (χ2n) is 4.23. The van der Waals surface area contributed by atoms with E-state index in [1.807, 2.05) is 12.1 Å². The van der Waals surface area contributed by atoms with Crippen LogP contribution in [0.2, 0.25) is 0 Å². The summed E-state index contributed by atoms with van der Waals surface area (Å²) in [7, 11) is 0. The van der Waals surface area contributed by atoms with Crippen LogP contribution in [0.25, 0.3) is 0 Å². The third-order valence-electron chi connectivity index (χ3n) is 2.31. The van der Waals surface area contributed by atoms with E-state index in [9.17, 15) is 0 Å². The fourth-order valence-electron chi connectivity index (χ4n) is 1.62. The standard InChI is InChI=1S/C13H17N/c1-10(2)7-13(9-14)12-6-4-5-11(3)8-12/h4-6,8,10,13H,7H2,1-3H3. The number of benzene rings is 1. The van der Waals surface area contributed by atoms with Crippen molar-refractivity contribution in [2.75, 3.05) is 0 Å². The molecule has 0 aliphatic carbocycles. The van der Waals surface area contributed by atoms with Gasteiger partial charge < -0.3 is 0 Å². The molecule has 0 heterocycles. The minimum Gasteiger partial charge on any atom is -0.198 e. The zero-order chi connectivity index (χ0) is 10.6. The Hall–Kier alpha value is -1.29. The van der Waals surface area contributed by atoms with E-state index in [2.05, 4.69) is 39.0 Å². The van der Waals surface area contributed by atoms with Crippen molar-refractivity contribution in [2.45, 2.75) is 33.1 Å². The van der Waals surface area contributed by atoms with Gasteiger partial charge in [-0.1, -0.05) is 43.7 Å². The van der Waals surface area contributed by atoms with E-state index in [0.29, 0.717) is 5.92 Å². The second-order valence-corrected chi connectivity index (χ2v) is 4.23. The number of aryl methyl sites for hydroxylation is 1. The maximum atomic E-state index is 9.07. The SMILES string of the molecule is Cc1cccc(C(C#N)CC(C)C)c1. The lowest BCUT2D eigenvalue weighted by atomic mass is 9.91. The van der Waals surface area contributed by atoms with E-state index in [1.165, 1.54) is 5.56 Å². The van der Waals surface area contributed by atoms with Gasteiger partial charge in [-0.3, -0.25) is 0 Å². The molecule has 0 bridgehead atoms. The summed E-state index contributed by atoms with van der Waals surface area (Å²) < 4.78 is 0. The van der Waals surface area contributed by atoms with Gasteiger partial charge in [-0.05, 0) is 24.8 Å². The van der Waals surface area contributed by atoms with Crippen molar-refractivity contribution in [1.82, 2.24) is 0 Å². The van der Waals surface area contributed by atoms with Crippen LogP contribution in [-0.4, -0.2) is 0 Å². The van der Waals surface area contributed by atoms with Gasteiger partial charge in [-0.2, -0.15) is 5.26 Å². The van der Waals surface area contributed by atoms with Gasteiger partial charge in [0.2, 0.25) is 0 Å². The molecule has 1 atom stereocenters. The molecule has 0 saturated heterocycles. The summed E-state index contributed by atoms with van der Waals surface area (Å²) in [6, 6.07) is 10.6. The molecule has 14 heavy (non-hydrogen) atoms. The predicted octanol–water partition coefficient (Wildman–Crippen LogP) is 3.65. The first-order chi connectivity index (χ1) is 6.63. The molecular formula is C13H17N. The van der Waals surface area contributed by atoms with Gasteiger partial charge in [0.05, 0.1) is 12.0 Å². The Labute approximate surface area is 86.4 Å². The maximum Gasteiger partial charge on any atom is 0.0715 e. The normalized spacial score (nSPS) is 12.5. The molecule has 0 radical (unpaired) electrons. The molecule has 0 fully saturated rings. The molecule has 1 rings (SSSR count). The molecule has 0 aliphatic rings. The third-order valence-corrected chi connectivity index (χ3v) is 2.31. The van der Waals surface area contributed by atoms with Crippen LogP contribution in [0.1, 0.15) is 37.3 Å². The second kappa shape index (κ2) is 4.81. The quantitative estimate of drug-likeness (QED) is 0.708. The number of rotatable bonds is 3. The molecule has 0 aromatic heterocycles. The lowest BCUT2D eigenvalue weighted by molar-refractivity contribution is 0.555. The van der Waals surface area contributed by atoms with Crippen LogP contribution >= 0.6 is 0 Å². The van der Waals surface area contributed by atoms with Crippen LogP contribution in [0.5, 0.6) is 0 Å². The van der Waals surface area contributed by atoms with E-state index in [-0.39, 0.29) is 5.92 Å². The monoisotopic (exact) mass is 187 g/mol. The Bertz CT molecular complexity index is 333. The van der Waals surface area contributed by atoms with Crippen molar-refractivity contribution in [1.29, 1.82) is 5.26 Å². The van der Waals surface area contributed by atoms with Crippen LogP contribution in [0.4, 0.5) is 0 Å². The zero-order valence-electron chi connectivity index (χ0n) is 9.12. The Morgan fingerprint density at radius 2 is 2.07 bits per heavy atom. The van der Waals surface area contributed by atoms with Gasteiger partial charge in [0.1, 0.15) is 0 Å². The first kappa shape index (κ1) is 10.8. The molecule has 0 N–H and O–H groups in total. The lowest BCUT2D eigenvalue weighted by Crippen LogP contribution is -2.00. The van der Waals surface area contributed by atoms with Crippen molar-refractivity contribution in [2.24, 2.45) is 5.92 Å². The summed E-state index contributed by atoms with van der Waals surface area (Å²) in [5.41, 5.74) is 2.38. The van der Waals surface area contributed by atoms with E-state index >= 15 is 0 Å². The third kappa shape index (κ3) is 2.88.